The molecule has 1 atom stereocenters. The van der Waals surface area contributed by atoms with Gasteiger partial charge in [0.15, 0.2) is 0 Å². The summed E-state index contributed by atoms with van der Waals surface area (Å²) in [6, 6.07) is 15.6. The van der Waals surface area contributed by atoms with Gasteiger partial charge in [-0.15, -0.1) is 0 Å². The minimum atomic E-state index is -0.669. The lowest BCUT2D eigenvalue weighted by Gasteiger charge is -2.12. The van der Waals surface area contributed by atoms with Crippen molar-refractivity contribution in [3.8, 4) is 5.75 Å². The molecule has 1 unspecified atom stereocenters. The van der Waals surface area contributed by atoms with Crippen LogP contribution in [-0.4, -0.2) is 25.2 Å². The molecule has 0 radical (unpaired) electrons. The number of ether oxygens (including phenoxy) is 2. The summed E-state index contributed by atoms with van der Waals surface area (Å²) < 4.78 is 16.5. The molecule has 4 rings (SSSR count). The van der Waals surface area contributed by atoms with Crippen LogP contribution in [0.5, 0.6) is 5.75 Å². The maximum atomic E-state index is 12.5. The van der Waals surface area contributed by atoms with E-state index < -0.39 is 11.5 Å². The molecule has 138 valence electrons. The first-order valence-electron chi connectivity index (χ1n) is 8.88. The number of amides is 1. The fourth-order valence-electron chi connectivity index (χ4n) is 3.05. The van der Waals surface area contributed by atoms with E-state index in [4.69, 9.17) is 13.9 Å². The van der Waals surface area contributed by atoms with Gasteiger partial charge in [0.25, 0.3) is 5.91 Å². The number of hydrogen-bond acceptors (Lipinski definition) is 5. The molecule has 3 aromatic rings. The zero-order valence-electron chi connectivity index (χ0n) is 14.6. The minimum Gasteiger partial charge on any atom is -0.491 e. The fourth-order valence-corrected chi connectivity index (χ4v) is 3.05. The lowest BCUT2D eigenvalue weighted by atomic mass is 10.1. The van der Waals surface area contributed by atoms with Crippen LogP contribution in [0, 0.1) is 0 Å². The van der Waals surface area contributed by atoms with Crippen LogP contribution >= 0.6 is 0 Å². The van der Waals surface area contributed by atoms with Crippen LogP contribution < -0.4 is 15.7 Å². The van der Waals surface area contributed by atoms with E-state index in [-0.39, 0.29) is 11.7 Å². The van der Waals surface area contributed by atoms with Gasteiger partial charge >= 0.3 is 5.63 Å². The van der Waals surface area contributed by atoms with Crippen LogP contribution in [-0.2, 0) is 4.74 Å². The number of nitrogens with one attached hydrogen (secondary N) is 1. The topological polar surface area (TPSA) is 77.8 Å². The number of benzene rings is 2. The Bertz CT molecular complexity index is 1020. The Labute approximate surface area is 155 Å². The van der Waals surface area contributed by atoms with E-state index in [0.29, 0.717) is 29.0 Å². The smallest absolute Gasteiger partial charge is 0.349 e. The number of anilines is 1. The fraction of sp³-hybridized carbons (Fsp3) is 0.238. The minimum absolute atomic E-state index is 0.0422. The molecule has 0 bridgehead atoms. The number of carbonyl (C=O) groups excluding carboxylic acids is 1. The van der Waals surface area contributed by atoms with Crippen molar-refractivity contribution in [3.05, 3.63) is 70.6 Å². The highest BCUT2D eigenvalue weighted by molar-refractivity contribution is 6.05. The third kappa shape index (κ3) is 4.01. The van der Waals surface area contributed by atoms with Crippen LogP contribution in [0.2, 0.25) is 0 Å². The summed E-state index contributed by atoms with van der Waals surface area (Å²) in [6.45, 7) is 1.25. The highest BCUT2D eigenvalue weighted by Gasteiger charge is 2.17. The van der Waals surface area contributed by atoms with Gasteiger partial charge in [0, 0.05) is 23.7 Å². The molecule has 1 aliphatic rings. The maximum Gasteiger partial charge on any atom is 0.349 e. The normalized spacial score (nSPS) is 16.4. The SMILES string of the molecule is O=C(Nc1cccc(OCC2CCCO2)c1)c1cc2ccccc2oc1=O. The summed E-state index contributed by atoms with van der Waals surface area (Å²) in [5.74, 6) is 0.111. The summed E-state index contributed by atoms with van der Waals surface area (Å²) in [5, 5.41) is 3.41. The second kappa shape index (κ2) is 7.63. The Balaban J connectivity index is 1.48. The maximum absolute atomic E-state index is 12.5. The third-order valence-corrected chi connectivity index (χ3v) is 4.44. The van der Waals surface area contributed by atoms with E-state index >= 15 is 0 Å². The predicted octanol–water partition coefficient (Wildman–Crippen LogP) is 3.60. The van der Waals surface area contributed by atoms with Crippen molar-refractivity contribution >= 4 is 22.6 Å². The molecule has 1 fully saturated rings. The van der Waals surface area contributed by atoms with Gasteiger partial charge in [-0.3, -0.25) is 4.79 Å². The van der Waals surface area contributed by atoms with Gasteiger partial charge in [-0.1, -0.05) is 24.3 Å². The van der Waals surface area contributed by atoms with E-state index in [1.54, 1.807) is 36.4 Å². The average Bonchev–Trinajstić information content (AvgIpc) is 3.20. The molecule has 6 heteroatoms. The lowest BCUT2D eigenvalue weighted by Crippen LogP contribution is -2.20. The van der Waals surface area contributed by atoms with Gasteiger partial charge in [0.05, 0.1) is 6.10 Å². The van der Waals surface area contributed by atoms with Crippen molar-refractivity contribution in [3.63, 3.8) is 0 Å². The molecule has 2 heterocycles. The van der Waals surface area contributed by atoms with E-state index in [1.807, 2.05) is 12.1 Å². The number of fused-ring (bicyclic) bond motifs is 1. The van der Waals surface area contributed by atoms with Crippen molar-refractivity contribution in [2.45, 2.75) is 18.9 Å². The first-order valence-corrected chi connectivity index (χ1v) is 8.88. The molecule has 27 heavy (non-hydrogen) atoms. The molecule has 6 nitrogen and oxygen atoms in total. The molecule has 1 N–H and O–H groups in total. The Kier molecular flexibility index (Phi) is 4.89. The van der Waals surface area contributed by atoms with Crippen molar-refractivity contribution < 1.29 is 18.7 Å². The summed E-state index contributed by atoms with van der Waals surface area (Å²) in [5.41, 5.74) is 0.275. The number of carbonyl (C=O) groups is 1. The predicted molar refractivity (Wildman–Crippen MR) is 101 cm³/mol. The van der Waals surface area contributed by atoms with Crippen LogP contribution in [0.4, 0.5) is 5.69 Å². The van der Waals surface area contributed by atoms with Gasteiger partial charge in [-0.25, -0.2) is 4.79 Å². The molecule has 1 aliphatic heterocycles. The van der Waals surface area contributed by atoms with Crippen LogP contribution in [0.15, 0.2) is 63.8 Å². The molecule has 2 aromatic carbocycles. The standard InChI is InChI=1S/C21H19NO5/c23-20(18-11-14-5-1-2-9-19(14)27-21(18)24)22-15-6-3-7-16(12-15)26-13-17-8-4-10-25-17/h1-3,5-7,9,11-12,17H,4,8,10,13H2,(H,22,23). The number of rotatable bonds is 5. The molecule has 0 spiro atoms. The number of para-hydroxylation sites is 1. The highest BCUT2D eigenvalue weighted by atomic mass is 16.5. The third-order valence-electron chi connectivity index (χ3n) is 4.44. The second-order valence-corrected chi connectivity index (χ2v) is 6.41. The first kappa shape index (κ1) is 17.3. The summed E-state index contributed by atoms with van der Waals surface area (Å²) >= 11 is 0. The van der Waals surface area contributed by atoms with Gasteiger partial charge in [0.1, 0.15) is 23.5 Å². The zero-order chi connectivity index (χ0) is 18.6. The summed E-state index contributed by atoms with van der Waals surface area (Å²) in [7, 11) is 0. The van der Waals surface area contributed by atoms with Crippen molar-refractivity contribution in [1.82, 2.24) is 0 Å². The van der Waals surface area contributed by atoms with Gasteiger partial charge < -0.3 is 19.2 Å². The van der Waals surface area contributed by atoms with Crippen LogP contribution in [0.25, 0.3) is 11.0 Å². The van der Waals surface area contributed by atoms with Crippen molar-refractivity contribution in [1.29, 1.82) is 0 Å². The molecule has 0 aliphatic carbocycles. The van der Waals surface area contributed by atoms with Gasteiger partial charge in [0.2, 0.25) is 0 Å². The first-order chi connectivity index (χ1) is 13.2. The van der Waals surface area contributed by atoms with Crippen LogP contribution in [0.1, 0.15) is 23.2 Å². The van der Waals surface area contributed by atoms with E-state index in [9.17, 15) is 9.59 Å². The van der Waals surface area contributed by atoms with Crippen molar-refractivity contribution in [2.75, 3.05) is 18.5 Å². The lowest BCUT2D eigenvalue weighted by molar-refractivity contribution is 0.0680. The summed E-state index contributed by atoms with van der Waals surface area (Å²) in [4.78, 5) is 24.6. The molecule has 1 saturated heterocycles. The van der Waals surface area contributed by atoms with Gasteiger partial charge in [-0.05, 0) is 37.1 Å². The Morgan fingerprint density at radius 1 is 1.15 bits per heavy atom. The summed E-state index contributed by atoms with van der Waals surface area (Å²) in [6.07, 6.45) is 2.16. The molecular weight excluding hydrogens is 346 g/mol. The van der Waals surface area contributed by atoms with E-state index in [0.717, 1.165) is 19.4 Å². The van der Waals surface area contributed by atoms with Crippen LogP contribution in [0.3, 0.4) is 0 Å². The molecule has 1 amide bonds. The highest BCUT2D eigenvalue weighted by Crippen LogP contribution is 2.20. The molecular formula is C21H19NO5. The number of hydrogen-bond donors (Lipinski definition) is 1. The Morgan fingerprint density at radius 3 is 2.89 bits per heavy atom. The Hall–Kier alpha value is -3.12. The van der Waals surface area contributed by atoms with E-state index in [1.165, 1.54) is 6.07 Å². The average molecular weight is 365 g/mol. The largest absolute Gasteiger partial charge is 0.491 e. The monoisotopic (exact) mass is 365 g/mol. The van der Waals surface area contributed by atoms with Crippen molar-refractivity contribution in [2.24, 2.45) is 0 Å². The van der Waals surface area contributed by atoms with E-state index in [2.05, 4.69) is 5.32 Å². The van der Waals surface area contributed by atoms with Gasteiger partial charge in [-0.2, -0.15) is 0 Å². The second-order valence-electron chi connectivity index (χ2n) is 6.41. The molecule has 1 aromatic heterocycles. The molecule has 0 saturated carbocycles. The quantitative estimate of drug-likeness (QED) is 0.699. The zero-order valence-corrected chi connectivity index (χ0v) is 14.6. The Morgan fingerprint density at radius 2 is 2.04 bits per heavy atom.